The highest BCUT2D eigenvalue weighted by Crippen LogP contribution is 2.26. The Morgan fingerprint density at radius 3 is 2.53 bits per heavy atom. The number of carbonyl (C=O) groups is 1. The fraction of sp³-hybridized carbons (Fsp3) is 0.292. The molecule has 1 aliphatic heterocycles. The van der Waals surface area contributed by atoms with Gasteiger partial charge in [0.25, 0.3) is 5.91 Å². The summed E-state index contributed by atoms with van der Waals surface area (Å²) in [6.07, 6.45) is 3.53. The summed E-state index contributed by atoms with van der Waals surface area (Å²) in [6.45, 7) is 5.12. The average molecular weight is 476 g/mol. The quantitative estimate of drug-likeness (QED) is 0.393. The van der Waals surface area contributed by atoms with Crippen molar-refractivity contribution in [3.8, 4) is 11.4 Å². The number of nitrogens with zero attached hydrogens (tertiary/aromatic N) is 7. The number of rotatable bonds is 6. The largest absolute Gasteiger partial charge is 0.494 e. The van der Waals surface area contributed by atoms with Crippen LogP contribution in [0.2, 0.25) is 0 Å². The van der Waals surface area contributed by atoms with Gasteiger partial charge in [0.1, 0.15) is 12.1 Å². The fourth-order valence-corrected chi connectivity index (χ4v) is 4.70. The smallest absolute Gasteiger partial charge is 0.255 e. The maximum absolute atomic E-state index is 13.1. The van der Waals surface area contributed by atoms with Gasteiger partial charge in [-0.15, -0.1) is 16.9 Å². The first-order valence-electron chi connectivity index (χ1n) is 11.2. The predicted molar refractivity (Wildman–Crippen MR) is 132 cm³/mol. The van der Waals surface area contributed by atoms with Crippen molar-refractivity contribution < 1.29 is 9.53 Å². The second-order valence-corrected chi connectivity index (χ2v) is 8.63. The molecular weight excluding hydrogens is 450 g/mol. The van der Waals surface area contributed by atoms with E-state index in [9.17, 15) is 4.79 Å². The summed E-state index contributed by atoms with van der Waals surface area (Å²) in [5.41, 5.74) is 2.88. The van der Waals surface area contributed by atoms with Gasteiger partial charge in [0.15, 0.2) is 17.0 Å². The lowest BCUT2D eigenvalue weighted by Gasteiger charge is -2.35. The first-order chi connectivity index (χ1) is 16.7. The van der Waals surface area contributed by atoms with Crippen LogP contribution < -0.4 is 9.64 Å². The van der Waals surface area contributed by atoms with Crippen LogP contribution >= 0.6 is 11.8 Å². The number of piperazine rings is 1. The zero-order chi connectivity index (χ0) is 23.5. The van der Waals surface area contributed by atoms with Gasteiger partial charge in [-0.25, -0.2) is 9.97 Å². The molecule has 9 nitrogen and oxygen atoms in total. The van der Waals surface area contributed by atoms with Crippen molar-refractivity contribution in [1.82, 2.24) is 29.9 Å². The number of fused-ring (bicyclic) bond motifs is 1. The molecule has 2 aromatic carbocycles. The summed E-state index contributed by atoms with van der Waals surface area (Å²) >= 11 is 1.59. The zero-order valence-corrected chi connectivity index (χ0v) is 19.9. The van der Waals surface area contributed by atoms with Crippen LogP contribution in [0.1, 0.15) is 17.3 Å². The third-order valence-corrected chi connectivity index (χ3v) is 6.61. The topological polar surface area (TPSA) is 89.3 Å². The highest BCUT2D eigenvalue weighted by Gasteiger charge is 2.26. The van der Waals surface area contributed by atoms with Gasteiger partial charge in [-0.3, -0.25) is 4.79 Å². The number of thioether (sulfide) groups is 1. The lowest BCUT2D eigenvalue weighted by Crippen LogP contribution is -2.49. The first-order valence-corrected chi connectivity index (χ1v) is 12.4. The Hall–Kier alpha value is -3.66. The molecule has 0 N–H and O–H groups in total. The van der Waals surface area contributed by atoms with Gasteiger partial charge < -0.3 is 14.5 Å². The predicted octanol–water partition coefficient (Wildman–Crippen LogP) is 3.29. The molecule has 5 rings (SSSR count). The van der Waals surface area contributed by atoms with Crippen molar-refractivity contribution in [3.63, 3.8) is 0 Å². The summed E-state index contributed by atoms with van der Waals surface area (Å²) < 4.78 is 7.23. The van der Waals surface area contributed by atoms with Crippen LogP contribution in [0.4, 0.5) is 5.82 Å². The van der Waals surface area contributed by atoms with Gasteiger partial charge >= 0.3 is 0 Å². The van der Waals surface area contributed by atoms with Crippen LogP contribution in [0.5, 0.6) is 5.75 Å². The van der Waals surface area contributed by atoms with Gasteiger partial charge in [0.05, 0.1) is 17.9 Å². The molecule has 0 unspecified atom stereocenters. The number of amides is 1. The fourth-order valence-electron chi connectivity index (χ4n) is 4.11. The Morgan fingerprint density at radius 1 is 1.03 bits per heavy atom. The lowest BCUT2D eigenvalue weighted by atomic mass is 10.2. The Kier molecular flexibility index (Phi) is 6.31. The molecule has 2 aromatic heterocycles. The number of benzene rings is 2. The SMILES string of the molecule is CCOc1ccc(-n2nnc3c(N4CCN(C(=O)c5ccccc5SC)CC4)ncnc32)cc1. The van der Waals surface area contributed by atoms with E-state index in [1.807, 2.05) is 66.6 Å². The molecule has 0 radical (unpaired) electrons. The average Bonchev–Trinajstić information content (AvgIpc) is 3.33. The highest BCUT2D eigenvalue weighted by molar-refractivity contribution is 7.98. The second kappa shape index (κ2) is 9.68. The Morgan fingerprint density at radius 2 is 1.79 bits per heavy atom. The van der Waals surface area contributed by atoms with E-state index in [0.717, 1.165) is 27.7 Å². The number of hydrogen-bond acceptors (Lipinski definition) is 8. The van der Waals surface area contributed by atoms with Gasteiger partial charge in [0, 0.05) is 31.1 Å². The third kappa shape index (κ3) is 4.16. The van der Waals surface area contributed by atoms with Crippen molar-refractivity contribution in [2.24, 2.45) is 0 Å². The maximum Gasteiger partial charge on any atom is 0.255 e. The molecule has 4 aromatic rings. The molecule has 0 saturated carbocycles. The minimum Gasteiger partial charge on any atom is -0.494 e. The van der Waals surface area contributed by atoms with Crippen molar-refractivity contribution in [2.75, 3.05) is 43.9 Å². The number of ether oxygens (including phenoxy) is 1. The van der Waals surface area contributed by atoms with E-state index in [1.165, 1.54) is 0 Å². The molecule has 10 heteroatoms. The zero-order valence-electron chi connectivity index (χ0n) is 19.1. The van der Waals surface area contributed by atoms with Crippen LogP contribution in [0.25, 0.3) is 16.9 Å². The summed E-state index contributed by atoms with van der Waals surface area (Å²) in [6, 6.07) is 15.4. The van der Waals surface area contributed by atoms with Crippen LogP contribution in [-0.2, 0) is 0 Å². The minimum atomic E-state index is 0.0684. The van der Waals surface area contributed by atoms with E-state index in [0.29, 0.717) is 43.9 Å². The maximum atomic E-state index is 13.1. The van der Waals surface area contributed by atoms with Crippen molar-refractivity contribution in [2.45, 2.75) is 11.8 Å². The number of hydrogen-bond donors (Lipinski definition) is 0. The molecule has 0 atom stereocenters. The molecule has 0 spiro atoms. The molecule has 1 saturated heterocycles. The Labute approximate surface area is 201 Å². The molecule has 174 valence electrons. The van der Waals surface area contributed by atoms with E-state index >= 15 is 0 Å². The Bertz CT molecular complexity index is 1300. The van der Waals surface area contributed by atoms with E-state index in [2.05, 4.69) is 25.2 Å². The third-order valence-electron chi connectivity index (χ3n) is 5.81. The molecule has 0 aliphatic carbocycles. The van der Waals surface area contributed by atoms with Gasteiger partial charge in [0.2, 0.25) is 0 Å². The standard InChI is InChI=1S/C24H25N7O2S/c1-3-33-18-10-8-17(9-11-18)31-23-21(27-28-31)22(25-16-26-23)29-12-14-30(15-13-29)24(32)19-6-4-5-7-20(19)34-2/h4-11,16H,3,12-15H2,1-2H3. The monoisotopic (exact) mass is 475 g/mol. The summed E-state index contributed by atoms with van der Waals surface area (Å²) in [5.74, 6) is 1.61. The molecule has 1 amide bonds. The van der Waals surface area contributed by atoms with Crippen LogP contribution in [0.15, 0.2) is 59.8 Å². The highest BCUT2D eigenvalue weighted by atomic mass is 32.2. The molecular formula is C24H25N7O2S. The second-order valence-electron chi connectivity index (χ2n) is 7.78. The van der Waals surface area contributed by atoms with E-state index in [-0.39, 0.29) is 5.91 Å². The van der Waals surface area contributed by atoms with Crippen molar-refractivity contribution in [3.05, 3.63) is 60.4 Å². The number of anilines is 1. The van der Waals surface area contributed by atoms with Crippen molar-refractivity contribution >= 4 is 34.7 Å². The van der Waals surface area contributed by atoms with Crippen LogP contribution in [0.3, 0.4) is 0 Å². The number of aromatic nitrogens is 5. The molecule has 1 aliphatic rings. The Balaban J connectivity index is 1.34. The van der Waals surface area contributed by atoms with E-state index in [1.54, 1.807) is 22.8 Å². The van der Waals surface area contributed by atoms with Gasteiger partial charge in [-0.2, -0.15) is 4.68 Å². The van der Waals surface area contributed by atoms with Crippen LogP contribution in [0, 0.1) is 0 Å². The van der Waals surface area contributed by atoms with Gasteiger partial charge in [-0.1, -0.05) is 17.3 Å². The number of carbonyl (C=O) groups excluding carboxylic acids is 1. The molecule has 34 heavy (non-hydrogen) atoms. The first kappa shape index (κ1) is 22.1. The van der Waals surface area contributed by atoms with E-state index < -0.39 is 0 Å². The molecule has 3 heterocycles. The summed E-state index contributed by atoms with van der Waals surface area (Å²) in [4.78, 5) is 27.1. The van der Waals surface area contributed by atoms with E-state index in [4.69, 9.17) is 4.74 Å². The molecule has 1 fully saturated rings. The molecule has 0 bridgehead atoms. The normalized spacial score (nSPS) is 13.9. The summed E-state index contributed by atoms with van der Waals surface area (Å²) in [5, 5.41) is 8.71. The minimum absolute atomic E-state index is 0.0684. The lowest BCUT2D eigenvalue weighted by molar-refractivity contribution is 0.0743. The van der Waals surface area contributed by atoms with Gasteiger partial charge in [-0.05, 0) is 49.6 Å². The van der Waals surface area contributed by atoms with Crippen molar-refractivity contribution in [1.29, 1.82) is 0 Å². The van der Waals surface area contributed by atoms with Crippen LogP contribution in [-0.4, -0.2) is 74.8 Å². The summed E-state index contributed by atoms with van der Waals surface area (Å²) in [7, 11) is 0.